The number of nitrogens with one attached hydrogen (secondary N) is 1. The van der Waals surface area contributed by atoms with Crippen LogP contribution in [-0.4, -0.2) is 21.2 Å². The third-order valence-corrected chi connectivity index (χ3v) is 3.44. The highest BCUT2D eigenvalue weighted by Crippen LogP contribution is 2.14. The van der Waals surface area contributed by atoms with Crippen LogP contribution >= 0.6 is 0 Å². The van der Waals surface area contributed by atoms with Gasteiger partial charge < -0.3 is 5.32 Å². The van der Waals surface area contributed by atoms with E-state index in [0.717, 1.165) is 25.1 Å². The Morgan fingerprint density at radius 1 is 1.38 bits per heavy atom. The number of nitrogens with zero attached hydrogens (tertiary/aromatic N) is 3. The van der Waals surface area contributed by atoms with Gasteiger partial charge in [0, 0.05) is 36.5 Å². The molecule has 2 aromatic rings. The Morgan fingerprint density at radius 3 is 2.71 bits per heavy atom. The molecule has 0 spiro atoms. The smallest absolute Gasteiger partial charge is 0.269 e. The molecule has 1 atom stereocenters. The van der Waals surface area contributed by atoms with Gasteiger partial charge in [-0.3, -0.25) is 14.8 Å². The van der Waals surface area contributed by atoms with E-state index < -0.39 is 0 Å². The Hall–Kier alpha value is -2.21. The normalized spacial score (nSPS) is 12.3. The van der Waals surface area contributed by atoms with Gasteiger partial charge in [0.25, 0.3) is 5.69 Å². The van der Waals surface area contributed by atoms with Gasteiger partial charge in [0.15, 0.2) is 0 Å². The summed E-state index contributed by atoms with van der Waals surface area (Å²) >= 11 is 0. The number of hydrogen-bond donors (Lipinski definition) is 1. The molecule has 112 valence electrons. The number of hydrogen-bond acceptors (Lipinski definition) is 4. The van der Waals surface area contributed by atoms with Crippen LogP contribution in [0, 0.1) is 10.1 Å². The summed E-state index contributed by atoms with van der Waals surface area (Å²) in [6.45, 7) is 5.88. The Morgan fingerprint density at radius 2 is 2.10 bits per heavy atom. The van der Waals surface area contributed by atoms with Crippen LogP contribution in [0.25, 0.3) is 0 Å². The van der Waals surface area contributed by atoms with E-state index in [9.17, 15) is 10.1 Å². The van der Waals surface area contributed by atoms with Gasteiger partial charge in [-0.1, -0.05) is 19.1 Å². The zero-order valence-corrected chi connectivity index (χ0v) is 12.3. The predicted octanol–water partition coefficient (Wildman–Crippen LogP) is 2.70. The number of nitro benzene ring substituents is 1. The van der Waals surface area contributed by atoms with Gasteiger partial charge in [0.2, 0.25) is 0 Å². The van der Waals surface area contributed by atoms with E-state index in [1.165, 1.54) is 17.7 Å². The maximum atomic E-state index is 10.6. The molecule has 21 heavy (non-hydrogen) atoms. The molecule has 0 aliphatic heterocycles. The van der Waals surface area contributed by atoms with E-state index in [1.54, 1.807) is 12.1 Å². The first-order valence-corrected chi connectivity index (χ1v) is 7.09. The van der Waals surface area contributed by atoms with Crippen molar-refractivity contribution < 1.29 is 4.92 Å². The molecule has 0 radical (unpaired) electrons. The van der Waals surface area contributed by atoms with Gasteiger partial charge in [0.05, 0.1) is 11.1 Å². The highest BCUT2D eigenvalue weighted by atomic mass is 16.6. The van der Waals surface area contributed by atoms with Gasteiger partial charge >= 0.3 is 0 Å². The topological polar surface area (TPSA) is 73.0 Å². The molecule has 6 heteroatoms. The second-order valence-corrected chi connectivity index (χ2v) is 4.99. The number of rotatable bonds is 7. The minimum Gasteiger partial charge on any atom is -0.310 e. The summed E-state index contributed by atoms with van der Waals surface area (Å²) in [7, 11) is 0. The molecule has 2 rings (SSSR count). The Bertz CT molecular complexity index is 592. The summed E-state index contributed by atoms with van der Waals surface area (Å²) in [5, 5.41) is 18.3. The van der Waals surface area contributed by atoms with Crippen molar-refractivity contribution in [2.45, 2.75) is 32.9 Å². The molecule has 0 bridgehead atoms. The average Bonchev–Trinajstić information content (AvgIpc) is 2.95. The molecule has 0 saturated heterocycles. The van der Waals surface area contributed by atoms with Crippen molar-refractivity contribution in [2.24, 2.45) is 0 Å². The molecule has 1 unspecified atom stereocenters. The molecule has 1 heterocycles. The van der Waals surface area contributed by atoms with Gasteiger partial charge in [-0.2, -0.15) is 5.10 Å². The van der Waals surface area contributed by atoms with Crippen LogP contribution in [0.4, 0.5) is 5.69 Å². The van der Waals surface area contributed by atoms with Crippen molar-refractivity contribution in [3.05, 3.63) is 57.9 Å². The fourth-order valence-electron chi connectivity index (χ4n) is 2.18. The predicted molar refractivity (Wildman–Crippen MR) is 81.1 cm³/mol. The van der Waals surface area contributed by atoms with Crippen molar-refractivity contribution in [1.82, 2.24) is 15.1 Å². The number of non-ortho nitro benzene ring substituents is 1. The molecule has 6 nitrogen and oxygen atoms in total. The number of nitro groups is 1. The van der Waals surface area contributed by atoms with Crippen LogP contribution in [0.5, 0.6) is 0 Å². The zero-order valence-electron chi connectivity index (χ0n) is 12.3. The Balaban J connectivity index is 1.92. The summed E-state index contributed by atoms with van der Waals surface area (Å²) in [6.07, 6.45) is 4.72. The van der Waals surface area contributed by atoms with Gasteiger partial charge in [-0.15, -0.1) is 0 Å². The Labute approximate surface area is 123 Å². The number of aryl methyl sites for hydroxylation is 2. The SMILES string of the molecule is CCNC(C)c1cnn(CCc2ccc([N+](=O)[O-])cc2)c1. The first-order chi connectivity index (χ1) is 10.1. The number of aromatic nitrogens is 2. The summed E-state index contributed by atoms with van der Waals surface area (Å²) in [6, 6.07) is 6.96. The van der Waals surface area contributed by atoms with Crippen LogP contribution in [0.3, 0.4) is 0 Å². The van der Waals surface area contributed by atoms with Crippen molar-refractivity contribution in [3.8, 4) is 0 Å². The largest absolute Gasteiger partial charge is 0.310 e. The monoisotopic (exact) mass is 288 g/mol. The zero-order chi connectivity index (χ0) is 15.2. The van der Waals surface area contributed by atoms with E-state index in [2.05, 4.69) is 24.3 Å². The maximum absolute atomic E-state index is 10.6. The first kappa shape index (κ1) is 15.2. The van der Waals surface area contributed by atoms with Crippen molar-refractivity contribution >= 4 is 5.69 Å². The lowest BCUT2D eigenvalue weighted by molar-refractivity contribution is -0.384. The first-order valence-electron chi connectivity index (χ1n) is 7.09. The third-order valence-electron chi connectivity index (χ3n) is 3.44. The second-order valence-electron chi connectivity index (χ2n) is 4.99. The summed E-state index contributed by atoms with van der Waals surface area (Å²) < 4.78 is 1.91. The molecular weight excluding hydrogens is 268 g/mol. The van der Waals surface area contributed by atoms with E-state index in [-0.39, 0.29) is 10.6 Å². The van der Waals surface area contributed by atoms with Crippen LogP contribution in [0.1, 0.15) is 31.0 Å². The highest BCUT2D eigenvalue weighted by Gasteiger charge is 2.07. The number of benzene rings is 1. The molecule has 0 fully saturated rings. The molecule has 0 aliphatic carbocycles. The van der Waals surface area contributed by atoms with Crippen LogP contribution in [0.15, 0.2) is 36.7 Å². The molecule has 1 N–H and O–H groups in total. The van der Waals surface area contributed by atoms with Gasteiger partial charge in [-0.25, -0.2) is 0 Å². The van der Waals surface area contributed by atoms with E-state index in [4.69, 9.17) is 0 Å². The fourth-order valence-corrected chi connectivity index (χ4v) is 2.18. The maximum Gasteiger partial charge on any atom is 0.269 e. The van der Waals surface area contributed by atoms with Gasteiger partial charge in [-0.05, 0) is 25.5 Å². The minimum atomic E-state index is -0.383. The summed E-state index contributed by atoms with van der Waals surface area (Å²) in [5.74, 6) is 0. The third kappa shape index (κ3) is 4.13. The van der Waals surface area contributed by atoms with Crippen LogP contribution < -0.4 is 5.32 Å². The quantitative estimate of drug-likeness (QED) is 0.628. The van der Waals surface area contributed by atoms with Crippen LogP contribution in [-0.2, 0) is 13.0 Å². The van der Waals surface area contributed by atoms with Crippen molar-refractivity contribution in [1.29, 1.82) is 0 Å². The molecule has 1 aromatic heterocycles. The fraction of sp³-hybridized carbons (Fsp3) is 0.400. The summed E-state index contributed by atoms with van der Waals surface area (Å²) in [4.78, 5) is 10.2. The molecule has 0 aliphatic rings. The summed E-state index contributed by atoms with van der Waals surface area (Å²) in [5.41, 5.74) is 2.36. The molecule has 1 aromatic carbocycles. The highest BCUT2D eigenvalue weighted by molar-refractivity contribution is 5.32. The van der Waals surface area contributed by atoms with E-state index in [0.29, 0.717) is 6.04 Å². The lowest BCUT2D eigenvalue weighted by atomic mass is 10.1. The molecule has 0 saturated carbocycles. The molecule has 0 amide bonds. The van der Waals surface area contributed by atoms with Crippen molar-refractivity contribution in [3.63, 3.8) is 0 Å². The van der Waals surface area contributed by atoms with Gasteiger partial charge in [0.1, 0.15) is 0 Å². The lowest BCUT2D eigenvalue weighted by Crippen LogP contribution is -2.17. The van der Waals surface area contributed by atoms with E-state index >= 15 is 0 Å². The lowest BCUT2D eigenvalue weighted by Gasteiger charge is -2.08. The standard InChI is InChI=1S/C15H20N4O2/c1-3-16-12(2)14-10-17-18(11-14)9-8-13-4-6-15(7-5-13)19(20)21/h4-7,10-12,16H,3,8-9H2,1-2H3. The van der Waals surface area contributed by atoms with Crippen LogP contribution in [0.2, 0.25) is 0 Å². The second kappa shape index (κ2) is 6.99. The molecular formula is C15H20N4O2. The average molecular weight is 288 g/mol. The van der Waals surface area contributed by atoms with E-state index in [1.807, 2.05) is 17.1 Å². The van der Waals surface area contributed by atoms with Crippen molar-refractivity contribution in [2.75, 3.05) is 6.54 Å². The Kier molecular flexibility index (Phi) is 5.05. The minimum absolute atomic E-state index is 0.125.